The van der Waals surface area contributed by atoms with Gasteiger partial charge < -0.3 is 4.74 Å². The number of benzene rings is 1. The maximum atomic E-state index is 13.2. The van der Waals surface area contributed by atoms with Gasteiger partial charge in [0.25, 0.3) is 5.69 Å². The highest BCUT2D eigenvalue weighted by Crippen LogP contribution is 2.28. The molecule has 9 heteroatoms. The van der Waals surface area contributed by atoms with Crippen LogP contribution in [-0.4, -0.2) is 36.9 Å². The molecule has 0 N–H and O–H groups in total. The first-order valence-corrected chi connectivity index (χ1v) is 10.2. The quantitative estimate of drug-likeness (QED) is 0.566. The molecule has 7 nitrogen and oxygen atoms in total. The SMILES string of the molecule is O=[N+]([O-])c1cccc(S(=O)(=O)N(Cc2cccs2)C2CCOCC2)c1. The van der Waals surface area contributed by atoms with Crippen LogP contribution in [0.15, 0.2) is 46.7 Å². The Morgan fingerprint density at radius 1 is 1.24 bits per heavy atom. The highest BCUT2D eigenvalue weighted by molar-refractivity contribution is 7.89. The molecule has 1 aliphatic heterocycles. The minimum Gasteiger partial charge on any atom is -0.381 e. The van der Waals surface area contributed by atoms with Crippen LogP contribution < -0.4 is 0 Å². The molecule has 1 fully saturated rings. The molecule has 1 aromatic carbocycles. The fourth-order valence-corrected chi connectivity index (χ4v) is 5.32. The number of hydrogen-bond donors (Lipinski definition) is 0. The summed E-state index contributed by atoms with van der Waals surface area (Å²) in [6, 6.07) is 8.80. The number of hydrogen-bond acceptors (Lipinski definition) is 6. The van der Waals surface area contributed by atoms with Crippen LogP contribution in [0.1, 0.15) is 17.7 Å². The lowest BCUT2D eigenvalue weighted by atomic mass is 10.1. The normalized spacial score (nSPS) is 16.2. The summed E-state index contributed by atoms with van der Waals surface area (Å²) in [5, 5.41) is 12.9. The van der Waals surface area contributed by atoms with Crippen molar-refractivity contribution in [1.82, 2.24) is 4.31 Å². The van der Waals surface area contributed by atoms with E-state index in [9.17, 15) is 18.5 Å². The van der Waals surface area contributed by atoms with Crippen LogP contribution in [0.25, 0.3) is 0 Å². The number of nitro groups is 1. The third kappa shape index (κ3) is 4.06. The van der Waals surface area contributed by atoms with Crippen molar-refractivity contribution in [3.8, 4) is 0 Å². The van der Waals surface area contributed by atoms with E-state index in [-0.39, 0.29) is 23.2 Å². The van der Waals surface area contributed by atoms with E-state index in [1.807, 2.05) is 17.5 Å². The van der Waals surface area contributed by atoms with E-state index >= 15 is 0 Å². The Balaban J connectivity index is 1.97. The van der Waals surface area contributed by atoms with E-state index in [1.165, 1.54) is 33.8 Å². The second-order valence-corrected chi connectivity index (χ2v) is 8.65. The Labute approximate surface area is 150 Å². The van der Waals surface area contributed by atoms with Gasteiger partial charge in [-0.1, -0.05) is 12.1 Å². The van der Waals surface area contributed by atoms with Gasteiger partial charge in [-0.25, -0.2) is 8.42 Å². The zero-order valence-corrected chi connectivity index (χ0v) is 15.0. The zero-order chi connectivity index (χ0) is 17.9. The van der Waals surface area contributed by atoms with Gasteiger partial charge in [-0.15, -0.1) is 11.3 Å². The van der Waals surface area contributed by atoms with Crippen molar-refractivity contribution < 1.29 is 18.1 Å². The minimum atomic E-state index is -3.85. The number of ether oxygens (including phenoxy) is 1. The molecule has 0 aliphatic carbocycles. The van der Waals surface area contributed by atoms with Crippen molar-refractivity contribution in [3.63, 3.8) is 0 Å². The van der Waals surface area contributed by atoms with E-state index in [0.29, 0.717) is 26.1 Å². The number of nitro benzene ring substituents is 1. The molecule has 1 aliphatic rings. The second-order valence-electron chi connectivity index (χ2n) is 5.73. The zero-order valence-electron chi connectivity index (χ0n) is 13.4. The molecular weight excluding hydrogens is 364 g/mol. The molecule has 0 bridgehead atoms. The van der Waals surface area contributed by atoms with Crippen LogP contribution in [0.3, 0.4) is 0 Å². The third-order valence-electron chi connectivity index (χ3n) is 4.12. The van der Waals surface area contributed by atoms with Crippen molar-refractivity contribution >= 4 is 27.0 Å². The lowest BCUT2D eigenvalue weighted by Crippen LogP contribution is -2.42. The van der Waals surface area contributed by atoms with Crippen LogP contribution in [0, 0.1) is 10.1 Å². The Kier molecular flexibility index (Phi) is 5.48. The van der Waals surface area contributed by atoms with Crippen molar-refractivity contribution in [2.75, 3.05) is 13.2 Å². The van der Waals surface area contributed by atoms with Gasteiger partial charge in [0, 0.05) is 42.8 Å². The van der Waals surface area contributed by atoms with Crippen molar-refractivity contribution in [3.05, 3.63) is 56.8 Å². The topological polar surface area (TPSA) is 89.8 Å². The van der Waals surface area contributed by atoms with Gasteiger partial charge in [0.15, 0.2) is 0 Å². The monoisotopic (exact) mass is 382 g/mol. The van der Waals surface area contributed by atoms with E-state index in [1.54, 1.807) is 0 Å². The largest absolute Gasteiger partial charge is 0.381 e. The van der Waals surface area contributed by atoms with Crippen LogP contribution in [0.2, 0.25) is 0 Å². The molecule has 0 atom stereocenters. The van der Waals surface area contributed by atoms with E-state index in [2.05, 4.69) is 0 Å². The molecule has 2 aromatic rings. The fraction of sp³-hybridized carbons (Fsp3) is 0.375. The minimum absolute atomic E-state index is 0.0512. The maximum Gasteiger partial charge on any atom is 0.270 e. The highest BCUT2D eigenvalue weighted by Gasteiger charge is 2.33. The molecule has 0 unspecified atom stereocenters. The molecule has 1 saturated heterocycles. The number of sulfonamides is 1. The van der Waals surface area contributed by atoms with Gasteiger partial charge >= 0.3 is 0 Å². The van der Waals surface area contributed by atoms with Gasteiger partial charge in [0.2, 0.25) is 10.0 Å². The predicted molar refractivity (Wildman–Crippen MR) is 94.0 cm³/mol. The molecular formula is C16H18N2O5S2. The summed E-state index contributed by atoms with van der Waals surface area (Å²) < 4.78 is 33.2. The lowest BCUT2D eigenvalue weighted by Gasteiger charge is -2.33. The summed E-state index contributed by atoms with van der Waals surface area (Å²) in [5.41, 5.74) is -0.232. The first-order valence-electron chi connectivity index (χ1n) is 7.85. The smallest absolute Gasteiger partial charge is 0.270 e. The fourth-order valence-electron chi connectivity index (χ4n) is 2.83. The number of non-ortho nitro benzene ring substituents is 1. The van der Waals surface area contributed by atoms with Gasteiger partial charge in [-0.2, -0.15) is 4.31 Å². The molecule has 0 radical (unpaired) electrons. The third-order valence-corrected chi connectivity index (χ3v) is 6.88. The summed E-state index contributed by atoms with van der Waals surface area (Å²) in [6.45, 7) is 1.28. The van der Waals surface area contributed by atoms with Crippen molar-refractivity contribution in [1.29, 1.82) is 0 Å². The summed E-state index contributed by atoms with van der Waals surface area (Å²) in [6.07, 6.45) is 1.22. The van der Waals surface area contributed by atoms with Gasteiger partial charge in [-0.3, -0.25) is 10.1 Å². The van der Waals surface area contributed by atoms with E-state index in [0.717, 1.165) is 10.9 Å². The Morgan fingerprint density at radius 2 is 2.00 bits per heavy atom. The molecule has 134 valence electrons. The molecule has 25 heavy (non-hydrogen) atoms. The first-order chi connectivity index (χ1) is 12.0. The predicted octanol–water partition coefficient (Wildman–Crippen LogP) is 3.03. The summed E-state index contributed by atoms with van der Waals surface area (Å²) in [5.74, 6) is 0. The average molecular weight is 382 g/mol. The second kappa shape index (κ2) is 7.61. The molecule has 2 heterocycles. The van der Waals surface area contributed by atoms with Crippen molar-refractivity contribution in [2.24, 2.45) is 0 Å². The van der Waals surface area contributed by atoms with Crippen molar-refractivity contribution in [2.45, 2.75) is 30.3 Å². The first kappa shape index (κ1) is 18.0. The van der Waals surface area contributed by atoms with E-state index in [4.69, 9.17) is 4.74 Å². The standard InChI is InChI=1S/C16H18N2O5S2/c19-18(20)14-3-1-5-16(11-14)25(21,22)17(12-15-4-2-10-24-15)13-6-8-23-9-7-13/h1-5,10-11,13H,6-9,12H2. The average Bonchev–Trinajstić information content (AvgIpc) is 3.13. The van der Waals surface area contributed by atoms with Crippen LogP contribution >= 0.6 is 11.3 Å². The number of rotatable bonds is 6. The van der Waals surface area contributed by atoms with E-state index < -0.39 is 14.9 Å². The van der Waals surface area contributed by atoms with Gasteiger partial charge in [0.1, 0.15) is 0 Å². The Hall–Kier alpha value is -1.81. The van der Waals surface area contributed by atoms with Gasteiger partial charge in [-0.05, 0) is 30.4 Å². The van der Waals surface area contributed by atoms with Crippen LogP contribution in [0.5, 0.6) is 0 Å². The molecule has 0 spiro atoms. The molecule has 3 rings (SSSR count). The highest BCUT2D eigenvalue weighted by atomic mass is 32.2. The van der Waals surface area contributed by atoms with Gasteiger partial charge in [0.05, 0.1) is 9.82 Å². The Bertz CT molecular complexity index is 830. The summed E-state index contributed by atoms with van der Waals surface area (Å²) in [4.78, 5) is 11.3. The summed E-state index contributed by atoms with van der Waals surface area (Å²) >= 11 is 1.49. The lowest BCUT2D eigenvalue weighted by molar-refractivity contribution is -0.385. The maximum absolute atomic E-state index is 13.2. The Morgan fingerprint density at radius 3 is 2.64 bits per heavy atom. The van der Waals surface area contributed by atoms with Crippen LogP contribution in [0.4, 0.5) is 5.69 Å². The number of nitrogens with zero attached hydrogens (tertiary/aromatic N) is 2. The van der Waals surface area contributed by atoms with Crippen LogP contribution in [-0.2, 0) is 21.3 Å². The molecule has 0 saturated carbocycles. The number of thiophene rings is 1. The molecule has 1 aromatic heterocycles. The molecule has 0 amide bonds. The summed E-state index contributed by atoms with van der Waals surface area (Å²) in [7, 11) is -3.85.